The normalized spacial score (nSPS) is 10.0. The summed E-state index contributed by atoms with van der Waals surface area (Å²) >= 11 is 0. The first-order chi connectivity index (χ1) is 5.36. The van der Waals surface area contributed by atoms with Crippen molar-refractivity contribution in [2.24, 2.45) is 5.84 Å². The molecule has 3 nitrogen and oxygen atoms in total. The number of nitrogens with two attached hydrogens (primary N) is 1. The van der Waals surface area contributed by atoms with Gasteiger partial charge in [-0.2, -0.15) is 0 Å². The van der Waals surface area contributed by atoms with Gasteiger partial charge in [0.2, 0.25) is 0 Å². The molecule has 1 aromatic carbocycles. The van der Waals surface area contributed by atoms with Gasteiger partial charge in [-0.25, -0.2) is 0 Å². The lowest BCUT2D eigenvalue weighted by atomic mass is 10.1. The molecule has 0 atom stereocenters. The quantitative estimate of drug-likeness (QED) is 0.426. The summed E-state index contributed by atoms with van der Waals surface area (Å²) in [4.78, 5) is 0. The average molecular weight is 152 g/mol. The van der Waals surface area contributed by atoms with Crippen molar-refractivity contribution in [1.82, 2.24) is 5.43 Å². The molecule has 0 aromatic heterocycles. The molecule has 60 valence electrons. The second kappa shape index (κ2) is 4.08. The Balaban J connectivity index is 2.66. The van der Waals surface area contributed by atoms with E-state index in [0.717, 1.165) is 11.1 Å². The number of hydrogen-bond acceptors (Lipinski definition) is 3. The molecule has 11 heavy (non-hydrogen) atoms. The molecule has 0 saturated carbocycles. The van der Waals surface area contributed by atoms with E-state index < -0.39 is 0 Å². The standard InChI is InChI=1S/C8H12N2O/c9-10-5-7-1-3-8(6-11)4-2-7/h1-4,10-11H,5-6,9H2. The van der Waals surface area contributed by atoms with Crippen molar-refractivity contribution < 1.29 is 5.11 Å². The smallest absolute Gasteiger partial charge is 0.0681 e. The van der Waals surface area contributed by atoms with Crippen molar-refractivity contribution >= 4 is 0 Å². The predicted octanol–water partition coefficient (Wildman–Crippen LogP) is 0.142. The summed E-state index contributed by atoms with van der Waals surface area (Å²) in [5, 5.41) is 8.72. The molecule has 0 fully saturated rings. The van der Waals surface area contributed by atoms with E-state index in [2.05, 4.69) is 5.43 Å². The average Bonchev–Trinajstić information content (AvgIpc) is 2.07. The zero-order valence-electron chi connectivity index (χ0n) is 6.25. The fourth-order valence-electron chi connectivity index (χ4n) is 0.880. The van der Waals surface area contributed by atoms with Crippen molar-refractivity contribution in [1.29, 1.82) is 0 Å². The number of hydrogen-bond donors (Lipinski definition) is 3. The lowest BCUT2D eigenvalue weighted by molar-refractivity contribution is 0.282. The lowest BCUT2D eigenvalue weighted by Gasteiger charge is -2.00. The number of aliphatic hydroxyl groups is 1. The van der Waals surface area contributed by atoms with Crippen LogP contribution >= 0.6 is 0 Å². The number of nitrogens with one attached hydrogen (secondary N) is 1. The molecule has 0 spiro atoms. The van der Waals surface area contributed by atoms with Gasteiger partial charge in [-0.1, -0.05) is 24.3 Å². The summed E-state index contributed by atoms with van der Waals surface area (Å²) in [6, 6.07) is 7.64. The Morgan fingerprint density at radius 2 is 1.73 bits per heavy atom. The minimum Gasteiger partial charge on any atom is -0.392 e. The maximum Gasteiger partial charge on any atom is 0.0681 e. The van der Waals surface area contributed by atoms with E-state index in [1.807, 2.05) is 24.3 Å². The molecule has 0 aliphatic carbocycles. The van der Waals surface area contributed by atoms with Crippen LogP contribution in [0.2, 0.25) is 0 Å². The first-order valence-electron chi connectivity index (χ1n) is 3.49. The van der Waals surface area contributed by atoms with E-state index in [4.69, 9.17) is 10.9 Å². The van der Waals surface area contributed by atoms with Gasteiger partial charge in [0.1, 0.15) is 0 Å². The molecule has 1 rings (SSSR count). The predicted molar refractivity (Wildman–Crippen MR) is 43.4 cm³/mol. The third-order valence-electron chi connectivity index (χ3n) is 1.51. The van der Waals surface area contributed by atoms with Crippen LogP contribution in [0.15, 0.2) is 24.3 Å². The van der Waals surface area contributed by atoms with Gasteiger partial charge in [0, 0.05) is 6.54 Å². The van der Waals surface area contributed by atoms with E-state index in [1.54, 1.807) is 0 Å². The fourth-order valence-corrected chi connectivity index (χ4v) is 0.880. The highest BCUT2D eigenvalue weighted by molar-refractivity contribution is 5.21. The summed E-state index contributed by atoms with van der Waals surface area (Å²) < 4.78 is 0. The summed E-state index contributed by atoms with van der Waals surface area (Å²) in [6.07, 6.45) is 0. The van der Waals surface area contributed by atoms with Gasteiger partial charge in [-0.05, 0) is 11.1 Å². The molecule has 0 amide bonds. The topological polar surface area (TPSA) is 58.3 Å². The second-order valence-corrected chi connectivity index (χ2v) is 2.36. The van der Waals surface area contributed by atoms with Crippen molar-refractivity contribution in [3.8, 4) is 0 Å². The zero-order valence-corrected chi connectivity index (χ0v) is 6.25. The van der Waals surface area contributed by atoms with E-state index in [0.29, 0.717) is 6.54 Å². The van der Waals surface area contributed by atoms with Crippen LogP contribution in [-0.4, -0.2) is 5.11 Å². The van der Waals surface area contributed by atoms with E-state index in [-0.39, 0.29) is 6.61 Å². The van der Waals surface area contributed by atoms with Crippen LogP contribution in [-0.2, 0) is 13.2 Å². The van der Waals surface area contributed by atoms with E-state index in [9.17, 15) is 0 Å². The molecular formula is C8H12N2O. The minimum atomic E-state index is 0.0936. The number of rotatable bonds is 3. The minimum absolute atomic E-state index is 0.0936. The van der Waals surface area contributed by atoms with Crippen LogP contribution in [0.4, 0.5) is 0 Å². The van der Waals surface area contributed by atoms with Gasteiger partial charge < -0.3 is 5.11 Å². The van der Waals surface area contributed by atoms with Gasteiger partial charge in [-0.15, -0.1) is 0 Å². The molecule has 4 N–H and O–H groups in total. The summed E-state index contributed by atoms with van der Waals surface area (Å²) in [7, 11) is 0. The fraction of sp³-hybridized carbons (Fsp3) is 0.250. The molecule has 0 saturated heterocycles. The summed E-state index contributed by atoms with van der Waals surface area (Å²) in [6.45, 7) is 0.752. The lowest BCUT2D eigenvalue weighted by Crippen LogP contribution is -2.20. The molecule has 0 unspecified atom stereocenters. The van der Waals surface area contributed by atoms with Crippen molar-refractivity contribution in [3.63, 3.8) is 0 Å². The van der Waals surface area contributed by atoms with Gasteiger partial charge in [0.15, 0.2) is 0 Å². The monoisotopic (exact) mass is 152 g/mol. The van der Waals surface area contributed by atoms with Crippen molar-refractivity contribution in [2.75, 3.05) is 0 Å². The van der Waals surface area contributed by atoms with Gasteiger partial charge >= 0.3 is 0 Å². The molecular weight excluding hydrogens is 140 g/mol. The molecule has 3 heteroatoms. The zero-order chi connectivity index (χ0) is 8.10. The molecule has 0 heterocycles. The molecule has 1 aromatic rings. The van der Waals surface area contributed by atoms with E-state index >= 15 is 0 Å². The van der Waals surface area contributed by atoms with Crippen molar-refractivity contribution in [3.05, 3.63) is 35.4 Å². The van der Waals surface area contributed by atoms with Gasteiger partial charge in [0.05, 0.1) is 6.61 Å². The maximum atomic E-state index is 8.72. The third kappa shape index (κ3) is 2.31. The third-order valence-corrected chi connectivity index (χ3v) is 1.51. The highest BCUT2D eigenvalue weighted by Gasteiger charge is 1.90. The Morgan fingerprint density at radius 3 is 2.18 bits per heavy atom. The molecule has 0 aliphatic rings. The Kier molecular flexibility index (Phi) is 3.04. The van der Waals surface area contributed by atoms with E-state index in [1.165, 1.54) is 0 Å². The highest BCUT2D eigenvalue weighted by Crippen LogP contribution is 2.03. The Bertz CT molecular complexity index is 208. The van der Waals surface area contributed by atoms with Crippen molar-refractivity contribution in [2.45, 2.75) is 13.2 Å². The second-order valence-electron chi connectivity index (χ2n) is 2.36. The first-order valence-corrected chi connectivity index (χ1v) is 3.49. The maximum absolute atomic E-state index is 8.72. The van der Waals surface area contributed by atoms with Crippen LogP contribution in [0, 0.1) is 0 Å². The van der Waals surface area contributed by atoms with Crippen LogP contribution in [0.3, 0.4) is 0 Å². The Morgan fingerprint density at radius 1 is 1.18 bits per heavy atom. The van der Waals surface area contributed by atoms with Gasteiger partial charge in [0.25, 0.3) is 0 Å². The number of aliphatic hydroxyl groups excluding tert-OH is 1. The van der Waals surface area contributed by atoms with Crippen LogP contribution in [0.1, 0.15) is 11.1 Å². The highest BCUT2D eigenvalue weighted by atomic mass is 16.3. The first kappa shape index (κ1) is 8.20. The summed E-state index contributed by atoms with van der Waals surface area (Å²) in [5.74, 6) is 5.13. The summed E-state index contributed by atoms with van der Waals surface area (Å²) in [5.41, 5.74) is 4.60. The largest absolute Gasteiger partial charge is 0.392 e. The SMILES string of the molecule is NNCc1ccc(CO)cc1. The van der Waals surface area contributed by atoms with Crippen LogP contribution in [0.25, 0.3) is 0 Å². The molecule has 0 aliphatic heterocycles. The van der Waals surface area contributed by atoms with Crippen LogP contribution in [0.5, 0.6) is 0 Å². The van der Waals surface area contributed by atoms with Gasteiger partial charge in [-0.3, -0.25) is 11.3 Å². The molecule has 0 radical (unpaired) electrons. The number of benzene rings is 1. The van der Waals surface area contributed by atoms with Crippen LogP contribution < -0.4 is 11.3 Å². The number of hydrazine groups is 1. The Labute approximate surface area is 65.8 Å². The molecule has 0 bridgehead atoms. The Hall–Kier alpha value is -0.900.